The van der Waals surface area contributed by atoms with E-state index in [1.165, 1.54) is 0 Å². The Kier molecular flexibility index (Phi) is 2.27. The Hall–Kier alpha value is -1.52. The first-order valence-corrected chi connectivity index (χ1v) is 3.89. The van der Waals surface area contributed by atoms with Crippen LogP contribution in [0.4, 0.5) is 5.82 Å². The summed E-state index contributed by atoms with van der Waals surface area (Å²) in [6.45, 7) is 1.69. The van der Waals surface area contributed by atoms with Crippen LogP contribution in [0.2, 0.25) is 0 Å². The summed E-state index contributed by atoms with van der Waals surface area (Å²) >= 11 is 0. The van der Waals surface area contributed by atoms with Gasteiger partial charge < -0.3 is 10.0 Å². The van der Waals surface area contributed by atoms with E-state index in [1.807, 2.05) is 0 Å². The Morgan fingerprint density at radius 1 is 1.54 bits per heavy atom. The summed E-state index contributed by atoms with van der Waals surface area (Å²) in [5.41, 5.74) is 0.811. The van der Waals surface area contributed by atoms with E-state index in [0.29, 0.717) is 11.5 Å². The van der Waals surface area contributed by atoms with Gasteiger partial charge in [-0.15, -0.1) is 0 Å². The van der Waals surface area contributed by atoms with E-state index in [9.17, 15) is 4.79 Å². The van der Waals surface area contributed by atoms with Gasteiger partial charge in [0.15, 0.2) is 0 Å². The van der Waals surface area contributed by atoms with E-state index in [4.69, 9.17) is 5.11 Å². The van der Waals surface area contributed by atoms with E-state index in [0.717, 1.165) is 0 Å². The molecule has 72 valence electrons. The zero-order chi connectivity index (χ0) is 10.2. The maximum Gasteiger partial charge on any atom is 0.341 e. The number of aromatic nitrogens is 2. The molecule has 0 radical (unpaired) electrons. The summed E-state index contributed by atoms with van der Waals surface area (Å²) in [5.74, 6) is -0.320. The van der Waals surface area contributed by atoms with Gasteiger partial charge in [-0.05, 0) is 6.92 Å². The van der Waals surface area contributed by atoms with Gasteiger partial charge in [0, 0.05) is 21.1 Å². The van der Waals surface area contributed by atoms with Crippen molar-refractivity contribution in [3.63, 3.8) is 0 Å². The number of carbonyl (C=O) groups is 1. The monoisotopic (exact) mass is 183 g/mol. The molecule has 1 heterocycles. The Bertz CT molecular complexity index is 341. The standard InChI is InChI=1S/C8H13N3O2/c1-5-6(8(12)13)7(10(2)3)11(4)9-5/h1-4H3,(H,12,13). The van der Waals surface area contributed by atoms with Crippen molar-refractivity contribution in [3.05, 3.63) is 11.3 Å². The van der Waals surface area contributed by atoms with Crippen LogP contribution in [0.15, 0.2) is 0 Å². The van der Waals surface area contributed by atoms with Crippen LogP contribution in [0.25, 0.3) is 0 Å². The molecular weight excluding hydrogens is 170 g/mol. The second-order valence-electron chi connectivity index (χ2n) is 3.11. The summed E-state index contributed by atoms with van der Waals surface area (Å²) in [6, 6.07) is 0. The maximum absolute atomic E-state index is 10.9. The van der Waals surface area contributed by atoms with Gasteiger partial charge in [0.05, 0.1) is 5.69 Å². The van der Waals surface area contributed by atoms with E-state index < -0.39 is 5.97 Å². The Morgan fingerprint density at radius 3 is 2.38 bits per heavy atom. The molecule has 5 heteroatoms. The molecule has 0 aromatic carbocycles. The van der Waals surface area contributed by atoms with Crippen molar-refractivity contribution in [1.82, 2.24) is 9.78 Å². The van der Waals surface area contributed by atoms with Crippen LogP contribution in [-0.4, -0.2) is 35.0 Å². The van der Waals surface area contributed by atoms with Crippen LogP contribution >= 0.6 is 0 Å². The highest BCUT2D eigenvalue weighted by molar-refractivity contribution is 5.94. The minimum absolute atomic E-state index is 0.271. The van der Waals surface area contributed by atoms with Gasteiger partial charge in [-0.25, -0.2) is 4.79 Å². The minimum Gasteiger partial charge on any atom is -0.477 e. The Morgan fingerprint density at radius 2 is 2.08 bits per heavy atom. The number of aryl methyl sites for hydroxylation is 2. The maximum atomic E-state index is 10.9. The van der Waals surface area contributed by atoms with Crippen molar-refractivity contribution in [1.29, 1.82) is 0 Å². The summed E-state index contributed by atoms with van der Waals surface area (Å²) in [7, 11) is 5.32. The third-order valence-electron chi connectivity index (χ3n) is 1.83. The van der Waals surface area contributed by atoms with E-state index in [-0.39, 0.29) is 5.56 Å². The number of hydrogen-bond donors (Lipinski definition) is 1. The molecule has 1 rings (SSSR count). The highest BCUT2D eigenvalue weighted by Crippen LogP contribution is 2.20. The molecule has 0 aliphatic rings. The lowest BCUT2D eigenvalue weighted by Crippen LogP contribution is -2.16. The number of rotatable bonds is 2. The van der Waals surface area contributed by atoms with Crippen LogP contribution in [0, 0.1) is 6.92 Å². The van der Waals surface area contributed by atoms with Crippen LogP contribution in [0.3, 0.4) is 0 Å². The van der Waals surface area contributed by atoms with Gasteiger partial charge in [-0.1, -0.05) is 0 Å². The SMILES string of the molecule is Cc1nn(C)c(N(C)C)c1C(=O)O. The van der Waals surface area contributed by atoms with Gasteiger partial charge in [0.25, 0.3) is 0 Å². The molecule has 0 aliphatic heterocycles. The van der Waals surface area contributed by atoms with Crippen molar-refractivity contribution >= 4 is 11.8 Å². The molecule has 0 saturated heterocycles. The smallest absolute Gasteiger partial charge is 0.341 e. The van der Waals surface area contributed by atoms with Crippen molar-refractivity contribution in [2.24, 2.45) is 7.05 Å². The lowest BCUT2D eigenvalue weighted by molar-refractivity contribution is 0.0697. The molecule has 1 N–H and O–H groups in total. The molecule has 13 heavy (non-hydrogen) atoms. The van der Waals surface area contributed by atoms with Crippen LogP contribution in [-0.2, 0) is 7.05 Å². The van der Waals surface area contributed by atoms with Crippen LogP contribution in [0.1, 0.15) is 16.1 Å². The highest BCUT2D eigenvalue weighted by Gasteiger charge is 2.20. The van der Waals surface area contributed by atoms with Crippen molar-refractivity contribution in [2.45, 2.75) is 6.92 Å². The fourth-order valence-corrected chi connectivity index (χ4v) is 1.41. The van der Waals surface area contributed by atoms with E-state index >= 15 is 0 Å². The normalized spacial score (nSPS) is 10.2. The number of anilines is 1. The summed E-state index contributed by atoms with van der Waals surface area (Å²) in [4.78, 5) is 12.6. The molecule has 0 saturated carbocycles. The Balaban J connectivity index is 3.38. The number of nitrogens with zero attached hydrogens (tertiary/aromatic N) is 3. The zero-order valence-corrected chi connectivity index (χ0v) is 8.20. The molecule has 1 aromatic heterocycles. The van der Waals surface area contributed by atoms with Crippen LogP contribution in [0.5, 0.6) is 0 Å². The van der Waals surface area contributed by atoms with Gasteiger partial charge in [0.2, 0.25) is 0 Å². The van der Waals surface area contributed by atoms with Gasteiger partial charge in [0.1, 0.15) is 11.4 Å². The highest BCUT2D eigenvalue weighted by atomic mass is 16.4. The largest absolute Gasteiger partial charge is 0.477 e. The first-order chi connectivity index (χ1) is 5.95. The second kappa shape index (κ2) is 3.08. The first-order valence-electron chi connectivity index (χ1n) is 3.89. The zero-order valence-electron chi connectivity index (χ0n) is 8.20. The molecular formula is C8H13N3O2. The molecule has 0 fully saturated rings. The lowest BCUT2D eigenvalue weighted by atomic mass is 10.2. The predicted molar refractivity (Wildman–Crippen MR) is 49.2 cm³/mol. The summed E-state index contributed by atoms with van der Waals surface area (Å²) in [5, 5.41) is 13.0. The molecule has 0 spiro atoms. The topological polar surface area (TPSA) is 58.4 Å². The summed E-state index contributed by atoms with van der Waals surface area (Å²) < 4.78 is 1.57. The fraction of sp³-hybridized carbons (Fsp3) is 0.500. The molecule has 0 unspecified atom stereocenters. The first kappa shape index (κ1) is 9.57. The van der Waals surface area contributed by atoms with Gasteiger partial charge in [-0.3, -0.25) is 4.68 Å². The van der Waals surface area contributed by atoms with Crippen molar-refractivity contribution in [2.75, 3.05) is 19.0 Å². The quantitative estimate of drug-likeness (QED) is 0.725. The second-order valence-corrected chi connectivity index (χ2v) is 3.11. The molecule has 0 aliphatic carbocycles. The summed E-state index contributed by atoms with van der Waals surface area (Å²) in [6.07, 6.45) is 0. The van der Waals surface area contributed by atoms with Crippen LogP contribution < -0.4 is 4.90 Å². The molecule has 1 aromatic rings. The molecule has 5 nitrogen and oxygen atoms in total. The Labute approximate surface area is 76.6 Å². The molecule has 0 atom stereocenters. The van der Waals surface area contributed by atoms with E-state index in [1.54, 1.807) is 37.6 Å². The lowest BCUT2D eigenvalue weighted by Gasteiger charge is -2.13. The number of hydrogen-bond acceptors (Lipinski definition) is 3. The van der Waals surface area contributed by atoms with E-state index in [2.05, 4.69) is 5.10 Å². The third kappa shape index (κ3) is 1.49. The minimum atomic E-state index is -0.936. The molecule has 0 bridgehead atoms. The number of aromatic carboxylic acids is 1. The fourth-order valence-electron chi connectivity index (χ4n) is 1.41. The van der Waals surface area contributed by atoms with Gasteiger partial charge in [-0.2, -0.15) is 5.10 Å². The third-order valence-corrected chi connectivity index (χ3v) is 1.83. The predicted octanol–water partition coefficient (Wildman–Crippen LogP) is 0.493. The number of carboxylic acid groups (broad SMARTS) is 1. The van der Waals surface area contributed by atoms with Gasteiger partial charge >= 0.3 is 5.97 Å². The average molecular weight is 183 g/mol. The average Bonchev–Trinajstić information content (AvgIpc) is 2.24. The molecule has 0 amide bonds. The van der Waals surface area contributed by atoms with Crippen molar-refractivity contribution < 1.29 is 9.90 Å². The number of carboxylic acids is 1. The van der Waals surface area contributed by atoms with Crippen molar-refractivity contribution in [3.8, 4) is 0 Å².